The molecule has 0 bridgehead atoms. The lowest BCUT2D eigenvalue weighted by atomic mass is 10.1. The highest BCUT2D eigenvalue weighted by atomic mass is 32.2. The van der Waals surface area contributed by atoms with Crippen LogP contribution in [0.2, 0.25) is 0 Å². The van der Waals surface area contributed by atoms with Gasteiger partial charge in [0.05, 0.1) is 16.4 Å². The van der Waals surface area contributed by atoms with Crippen molar-refractivity contribution in [2.45, 2.75) is 18.0 Å². The van der Waals surface area contributed by atoms with E-state index in [9.17, 15) is 5.26 Å². The minimum atomic E-state index is 0.252. The van der Waals surface area contributed by atoms with Crippen LogP contribution in [0.4, 0.5) is 5.69 Å². The second-order valence-electron chi connectivity index (χ2n) is 7.82. The summed E-state index contributed by atoms with van der Waals surface area (Å²) in [6.07, 6.45) is 1.62. The highest BCUT2D eigenvalue weighted by molar-refractivity contribution is 8.04. The van der Waals surface area contributed by atoms with Crippen LogP contribution in [-0.4, -0.2) is 41.0 Å². The van der Waals surface area contributed by atoms with E-state index < -0.39 is 0 Å². The first-order valence-electron chi connectivity index (χ1n) is 10.9. The van der Waals surface area contributed by atoms with Crippen LogP contribution >= 0.6 is 11.8 Å². The summed E-state index contributed by atoms with van der Waals surface area (Å²) >= 11 is 1.53. The fourth-order valence-corrected chi connectivity index (χ4v) is 4.77. The van der Waals surface area contributed by atoms with Crippen molar-refractivity contribution in [1.29, 1.82) is 5.26 Å². The van der Waals surface area contributed by atoms with Crippen molar-refractivity contribution in [3.63, 3.8) is 0 Å². The molecule has 165 valence electrons. The molecule has 7 nitrogen and oxygen atoms in total. The molecule has 2 aromatic carbocycles. The molecule has 0 spiro atoms. The van der Waals surface area contributed by atoms with Gasteiger partial charge in [-0.15, -0.1) is 0 Å². The van der Waals surface area contributed by atoms with Gasteiger partial charge < -0.3 is 10.1 Å². The molecule has 1 N–H and O–H groups in total. The lowest BCUT2D eigenvalue weighted by Gasteiger charge is -2.26. The lowest BCUT2D eigenvalue weighted by molar-refractivity contribution is 0.230. The van der Waals surface area contributed by atoms with Gasteiger partial charge in [0.25, 0.3) is 0 Å². The van der Waals surface area contributed by atoms with E-state index in [-0.39, 0.29) is 6.01 Å². The third kappa shape index (κ3) is 5.17. The summed E-state index contributed by atoms with van der Waals surface area (Å²) in [6, 6.07) is 20.7. The first-order chi connectivity index (χ1) is 16.3. The Labute approximate surface area is 197 Å². The Balaban J connectivity index is 1.23. The monoisotopic (exact) mass is 455 g/mol. The summed E-state index contributed by atoms with van der Waals surface area (Å²) in [4.78, 5) is 12.2. The van der Waals surface area contributed by atoms with Crippen LogP contribution in [0.15, 0.2) is 70.7 Å². The van der Waals surface area contributed by atoms with Crippen molar-refractivity contribution in [2.24, 2.45) is 0 Å². The molecule has 8 heteroatoms. The highest BCUT2D eigenvalue weighted by Gasteiger charge is 2.21. The standard InChI is InChI=1S/C25H23N6OS/c26-15-20(24-29-22-3-1-2-4-23(22)33-24)21-9-10-28-25(30-21)32-17-19-7-5-18(6-8-19)16-31-13-11-27-12-14-31/h1-10,29H,11-14,16-17H2. The lowest BCUT2D eigenvalue weighted by Crippen LogP contribution is -2.39. The molecule has 0 saturated carbocycles. The molecule has 2 aliphatic heterocycles. The van der Waals surface area contributed by atoms with Crippen LogP contribution in [0, 0.1) is 11.3 Å². The number of hydrogen-bond donors (Lipinski definition) is 1. The van der Waals surface area contributed by atoms with E-state index in [4.69, 9.17) is 4.74 Å². The number of benzene rings is 2. The quantitative estimate of drug-likeness (QED) is 0.564. The van der Waals surface area contributed by atoms with Gasteiger partial charge in [0.2, 0.25) is 0 Å². The van der Waals surface area contributed by atoms with Gasteiger partial charge in [-0.25, -0.2) is 10.3 Å². The minimum Gasteiger partial charge on any atom is -0.459 e. The predicted molar refractivity (Wildman–Crippen MR) is 128 cm³/mol. The summed E-state index contributed by atoms with van der Waals surface area (Å²) in [5, 5.41) is 18.3. The van der Waals surface area contributed by atoms with Gasteiger partial charge in [-0.3, -0.25) is 4.90 Å². The number of allylic oxidation sites excluding steroid dienone is 1. The van der Waals surface area contributed by atoms with E-state index in [1.807, 2.05) is 24.3 Å². The van der Waals surface area contributed by atoms with E-state index in [2.05, 4.69) is 55.8 Å². The number of thioether (sulfide) groups is 1. The molecular formula is C25H23N6OS. The van der Waals surface area contributed by atoms with Gasteiger partial charge in [0.1, 0.15) is 18.2 Å². The predicted octanol–water partition coefficient (Wildman–Crippen LogP) is 3.89. The summed E-state index contributed by atoms with van der Waals surface area (Å²) < 4.78 is 5.84. The van der Waals surface area contributed by atoms with Crippen LogP contribution in [-0.2, 0) is 13.2 Å². The fraction of sp³-hybridized carbons (Fsp3) is 0.240. The third-order valence-electron chi connectivity index (χ3n) is 5.52. The molecule has 1 saturated heterocycles. The molecule has 0 unspecified atom stereocenters. The number of anilines is 1. The van der Waals surface area contributed by atoms with E-state index in [1.165, 1.54) is 17.3 Å². The largest absolute Gasteiger partial charge is 0.459 e. The Kier molecular flexibility index (Phi) is 6.53. The molecule has 2 aliphatic rings. The van der Waals surface area contributed by atoms with Gasteiger partial charge in [0, 0.05) is 43.8 Å². The number of nitriles is 1. The van der Waals surface area contributed by atoms with Crippen LogP contribution in [0.1, 0.15) is 16.8 Å². The van der Waals surface area contributed by atoms with Crippen LogP contribution in [0.5, 0.6) is 6.01 Å². The average Bonchev–Trinajstić information content (AvgIpc) is 3.29. The normalized spacial score (nSPS) is 17.1. The van der Waals surface area contributed by atoms with E-state index in [0.29, 0.717) is 17.9 Å². The zero-order valence-electron chi connectivity index (χ0n) is 18.1. The number of fused-ring (bicyclic) bond motifs is 1. The van der Waals surface area contributed by atoms with Crippen molar-refractivity contribution in [3.8, 4) is 12.1 Å². The van der Waals surface area contributed by atoms with Crippen LogP contribution in [0.25, 0.3) is 5.57 Å². The van der Waals surface area contributed by atoms with Gasteiger partial charge in [-0.1, -0.05) is 48.2 Å². The molecule has 1 aromatic heterocycles. The van der Waals surface area contributed by atoms with Crippen LogP contribution < -0.4 is 15.4 Å². The first kappa shape index (κ1) is 21.5. The molecule has 1 radical (unpaired) electrons. The Morgan fingerprint density at radius 1 is 1.06 bits per heavy atom. The molecule has 3 aromatic rings. The zero-order valence-corrected chi connectivity index (χ0v) is 18.9. The maximum absolute atomic E-state index is 9.79. The number of nitrogens with zero attached hydrogens (tertiary/aromatic N) is 5. The number of rotatable bonds is 6. The van der Waals surface area contributed by atoms with E-state index in [1.54, 1.807) is 12.3 Å². The summed E-state index contributed by atoms with van der Waals surface area (Å²) in [6.45, 7) is 5.22. The van der Waals surface area contributed by atoms with Crippen molar-refractivity contribution in [1.82, 2.24) is 20.2 Å². The second kappa shape index (κ2) is 10.0. The Hall–Kier alpha value is -3.38. The molecule has 5 rings (SSSR count). The second-order valence-corrected chi connectivity index (χ2v) is 8.87. The third-order valence-corrected chi connectivity index (χ3v) is 6.61. The number of hydrogen-bond acceptors (Lipinski definition) is 7. The molecule has 33 heavy (non-hydrogen) atoms. The summed E-state index contributed by atoms with van der Waals surface area (Å²) in [5.74, 6) is 0. The SMILES string of the molecule is N#CC(=C1Nc2ccccc2S1)c1ccnc(OCc2ccc(CN3CC[N]CC3)cc2)n1. The number of piperazine rings is 1. The molecule has 0 aliphatic carbocycles. The van der Waals surface area contributed by atoms with E-state index in [0.717, 1.165) is 53.9 Å². The molecule has 3 heterocycles. The summed E-state index contributed by atoms with van der Waals surface area (Å²) in [7, 11) is 0. The van der Waals surface area contributed by atoms with Gasteiger partial charge in [-0.05, 0) is 29.3 Å². The van der Waals surface area contributed by atoms with E-state index >= 15 is 0 Å². The zero-order chi connectivity index (χ0) is 22.5. The van der Waals surface area contributed by atoms with Crippen molar-refractivity contribution in [2.75, 3.05) is 31.5 Å². The number of nitrogens with one attached hydrogen (secondary N) is 1. The number of para-hydroxylation sites is 1. The fourth-order valence-electron chi connectivity index (χ4n) is 3.76. The van der Waals surface area contributed by atoms with Gasteiger partial charge in [-0.2, -0.15) is 10.2 Å². The van der Waals surface area contributed by atoms with Crippen molar-refractivity contribution >= 4 is 23.0 Å². The maximum Gasteiger partial charge on any atom is 0.317 e. The minimum absolute atomic E-state index is 0.252. The smallest absolute Gasteiger partial charge is 0.317 e. The van der Waals surface area contributed by atoms with Crippen LogP contribution in [0.3, 0.4) is 0 Å². The van der Waals surface area contributed by atoms with Crippen molar-refractivity contribution in [3.05, 3.63) is 82.6 Å². The van der Waals surface area contributed by atoms with Gasteiger partial charge >= 0.3 is 6.01 Å². The van der Waals surface area contributed by atoms with Gasteiger partial charge in [0.15, 0.2) is 0 Å². The molecule has 1 fully saturated rings. The van der Waals surface area contributed by atoms with Crippen molar-refractivity contribution < 1.29 is 4.74 Å². The highest BCUT2D eigenvalue weighted by Crippen LogP contribution is 2.43. The molecular weight excluding hydrogens is 432 g/mol. The number of aromatic nitrogens is 2. The first-order valence-corrected chi connectivity index (χ1v) is 11.7. The maximum atomic E-state index is 9.79. The molecule has 0 amide bonds. The average molecular weight is 456 g/mol. The topological polar surface area (TPSA) is 88.2 Å². The number of ether oxygens (including phenoxy) is 1. The Morgan fingerprint density at radius 3 is 2.64 bits per heavy atom. The Morgan fingerprint density at radius 2 is 1.85 bits per heavy atom. The summed E-state index contributed by atoms with van der Waals surface area (Å²) in [5.41, 5.74) is 4.33. The molecule has 0 atom stereocenters. The Bertz CT molecular complexity index is 1170.